The molecule has 0 aromatic carbocycles. The van der Waals surface area contributed by atoms with E-state index in [9.17, 15) is 5.26 Å². The van der Waals surface area contributed by atoms with E-state index in [2.05, 4.69) is 28.1 Å². The fourth-order valence-electron chi connectivity index (χ4n) is 4.08. The van der Waals surface area contributed by atoms with Crippen LogP contribution in [0.2, 0.25) is 0 Å². The van der Waals surface area contributed by atoms with Crippen LogP contribution in [0.5, 0.6) is 0 Å². The zero-order valence-electron chi connectivity index (χ0n) is 17.0. The number of aromatic nitrogens is 6. The van der Waals surface area contributed by atoms with Crippen LogP contribution in [-0.4, -0.2) is 42.5 Å². The van der Waals surface area contributed by atoms with Crippen LogP contribution in [0.15, 0.2) is 43.1 Å². The van der Waals surface area contributed by atoms with Crippen molar-refractivity contribution in [2.75, 3.05) is 18.0 Å². The number of aryl methyl sites for hydroxylation is 1. The number of fused-ring (bicyclic) bond motifs is 1. The quantitative estimate of drug-likeness (QED) is 0.524. The van der Waals surface area contributed by atoms with E-state index in [1.807, 2.05) is 37.8 Å². The molecular weight excluding hydrogens is 376 g/mol. The Morgan fingerprint density at radius 3 is 2.70 bits per heavy atom. The Bertz CT molecular complexity index is 1240. The molecule has 0 N–H and O–H groups in total. The van der Waals surface area contributed by atoms with Crippen molar-refractivity contribution in [2.24, 2.45) is 13.0 Å². The Morgan fingerprint density at radius 1 is 1.13 bits per heavy atom. The smallest absolute Gasteiger partial charge is 0.128 e. The lowest BCUT2D eigenvalue weighted by atomic mass is 10.1. The van der Waals surface area contributed by atoms with Gasteiger partial charge in [0.15, 0.2) is 0 Å². The van der Waals surface area contributed by atoms with Crippen LogP contribution in [0.1, 0.15) is 25.3 Å². The minimum absolute atomic E-state index is 0.490. The van der Waals surface area contributed by atoms with Crippen LogP contribution in [0.4, 0.5) is 5.82 Å². The van der Waals surface area contributed by atoms with Gasteiger partial charge in [-0.3, -0.25) is 4.68 Å². The summed E-state index contributed by atoms with van der Waals surface area (Å²) in [5.41, 5.74) is 4.36. The summed E-state index contributed by atoms with van der Waals surface area (Å²) < 4.78 is 3.45. The van der Waals surface area contributed by atoms with Gasteiger partial charge in [-0.2, -0.15) is 15.5 Å². The minimum Gasteiger partial charge on any atom is -0.356 e. The third kappa shape index (κ3) is 3.08. The molecule has 5 rings (SSSR count). The molecule has 0 amide bonds. The summed E-state index contributed by atoms with van der Waals surface area (Å²) in [7, 11) is 1.87. The fourth-order valence-corrected chi connectivity index (χ4v) is 4.08. The molecule has 1 aliphatic rings. The largest absolute Gasteiger partial charge is 0.356 e. The second-order valence-corrected chi connectivity index (χ2v) is 7.75. The lowest BCUT2D eigenvalue weighted by molar-refractivity contribution is 0.569. The first kappa shape index (κ1) is 18.3. The van der Waals surface area contributed by atoms with Gasteiger partial charge in [0.25, 0.3) is 0 Å². The van der Waals surface area contributed by atoms with Crippen molar-refractivity contribution in [1.29, 1.82) is 5.26 Å². The summed E-state index contributed by atoms with van der Waals surface area (Å²) >= 11 is 0. The molecule has 4 aromatic rings. The molecule has 0 bridgehead atoms. The summed E-state index contributed by atoms with van der Waals surface area (Å²) in [6, 6.07) is 6.30. The Morgan fingerprint density at radius 2 is 2.03 bits per heavy atom. The topological polar surface area (TPSA) is 87.9 Å². The maximum Gasteiger partial charge on any atom is 0.128 e. The maximum absolute atomic E-state index is 9.55. The van der Waals surface area contributed by atoms with E-state index in [0.717, 1.165) is 41.6 Å². The Balaban J connectivity index is 1.59. The third-order valence-electron chi connectivity index (χ3n) is 5.83. The van der Waals surface area contributed by atoms with E-state index >= 15 is 0 Å². The van der Waals surface area contributed by atoms with Crippen molar-refractivity contribution in [3.63, 3.8) is 0 Å². The number of pyridine rings is 1. The second kappa shape index (κ2) is 7.26. The Kier molecular flexibility index (Phi) is 4.43. The summed E-state index contributed by atoms with van der Waals surface area (Å²) in [4.78, 5) is 11.9. The number of rotatable bonds is 4. The molecule has 4 aromatic heterocycles. The van der Waals surface area contributed by atoms with Crippen LogP contribution < -0.4 is 4.90 Å². The van der Waals surface area contributed by atoms with Crippen molar-refractivity contribution in [3.8, 4) is 28.6 Å². The first-order chi connectivity index (χ1) is 14.7. The van der Waals surface area contributed by atoms with Gasteiger partial charge in [-0.1, -0.05) is 13.3 Å². The molecule has 1 aliphatic heterocycles. The van der Waals surface area contributed by atoms with Crippen molar-refractivity contribution in [2.45, 2.75) is 19.8 Å². The van der Waals surface area contributed by atoms with Crippen LogP contribution in [0.3, 0.4) is 0 Å². The van der Waals surface area contributed by atoms with Crippen molar-refractivity contribution in [3.05, 3.63) is 48.7 Å². The monoisotopic (exact) mass is 398 g/mol. The Hall–Kier alpha value is -3.73. The predicted molar refractivity (Wildman–Crippen MR) is 114 cm³/mol. The average molecular weight is 398 g/mol. The summed E-state index contributed by atoms with van der Waals surface area (Å²) in [5, 5.41) is 18.2. The standard InChI is InChI=1S/C22H22N8/c1-3-15-6-7-29(12-15)20-5-4-16(9-24-20)21-22-17(8-23)10-26-30(22)14-19(27-21)18-11-25-28(2)13-18/h4-5,9-11,13-15H,3,6-7,12H2,1-2H3/t15-/m0/s1. The van der Waals surface area contributed by atoms with Gasteiger partial charge in [0.05, 0.1) is 30.0 Å². The molecule has 0 unspecified atom stereocenters. The lowest BCUT2D eigenvalue weighted by Crippen LogP contribution is -2.20. The fraction of sp³-hybridized carbons (Fsp3) is 0.318. The van der Waals surface area contributed by atoms with Crippen molar-refractivity contribution >= 4 is 11.3 Å². The minimum atomic E-state index is 0.490. The zero-order valence-corrected chi connectivity index (χ0v) is 17.0. The summed E-state index contributed by atoms with van der Waals surface area (Å²) in [6.45, 7) is 4.35. The highest BCUT2D eigenvalue weighted by molar-refractivity contribution is 5.83. The number of nitriles is 1. The molecule has 150 valence electrons. The first-order valence-electron chi connectivity index (χ1n) is 10.1. The molecule has 1 atom stereocenters. The molecular formula is C22H22N8. The third-order valence-corrected chi connectivity index (χ3v) is 5.83. The Labute approximate surface area is 174 Å². The van der Waals surface area contributed by atoms with Gasteiger partial charge in [0.1, 0.15) is 23.0 Å². The summed E-state index contributed by atoms with van der Waals surface area (Å²) in [6.07, 6.45) is 11.3. The number of hydrogen-bond donors (Lipinski definition) is 0. The van der Waals surface area contributed by atoms with E-state index in [4.69, 9.17) is 9.97 Å². The van der Waals surface area contributed by atoms with E-state index in [1.54, 1.807) is 21.6 Å². The van der Waals surface area contributed by atoms with Gasteiger partial charge in [-0.25, -0.2) is 14.5 Å². The number of nitrogens with zero attached hydrogens (tertiary/aromatic N) is 8. The molecule has 1 fully saturated rings. The van der Waals surface area contributed by atoms with Gasteiger partial charge in [0.2, 0.25) is 0 Å². The van der Waals surface area contributed by atoms with E-state index in [0.29, 0.717) is 16.8 Å². The zero-order chi connectivity index (χ0) is 20.7. The highest BCUT2D eigenvalue weighted by atomic mass is 15.2. The van der Waals surface area contributed by atoms with Gasteiger partial charge >= 0.3 is 0 Å². The van der Waals surface area contributed by atoms with Crippen LogP contribution >= 0.6 is 0 Å². The SMILES string of the molecule is CC[C@H]1CCN(c2ccc(-c3nc(-c4cnn(C)c4)cn4ncc(C#N)c34)cn2)C1. The van der Waals surface area contributed by atoms with Gasteiger partial charge in [-0.05, 0) is 24.5 Å². The van der Waals surface area contributed by atoms with Crippen LogP contribution in [0, 0.1) is 17.2 Å². The summed E-state index contributed by atoms with van der Waals surface area (Å²) in [5.74, 6) is 1.73. The molecule has 8 heteroatoms. The first-order valence-corrected chi connectivity index (χ1v) is 10.1. The normalized spacial score (nSPS) is 16.3. The number of anilines is 1. The van der Waals surface area contributed by atoms with Gasteiger partial charge in [-0.15, -0.1) is 0 Å². The molecule has 0 saturated carbocycles. The molecule has 8 nitrogen and oxygen atoms in total. The van der Waals surface area contributed by atoms with Crippen molar-refractivity contribution < 1.29 is 0 Å². The predicted octanol–water partition coefficient (Wildman–Crippen LogP) is 3.30. The molecule has 1 saturated heterocycles. The second-order valence-electron chi connectivity index (χ2n) is 7.75. The molecule has 30 heavy (non-hydrogen) atoms. The molecule has 5 heterocycles. The maximum atomic E-state index is 9.55. The van der Waals surface area contributed by atoms with Crippen LogP contribution in [0.25, 0.3) is 28.0 Å². The van der Waals surface area contributed by atoms with Gasteiger partial charge in [0, 0.05) is 43.7 Å². The van der Waals surface area contributed by atoms with Gasteiger partial charge < -0.3 is 4.90 Å². The van der Waals surface area contributed by atoms with Crippen LogP contribution in [-0.2, 0) is 7.05 Å². The molecule has 0 radical (unpaired) electrons. The van der Waals surface area contributed by atoms with E-state index < -0.39 is 0 Å². The number of hydrogen-bond acceptors (Lipinski definition) is 6. The average Bonchev–Trinajstić information content (AvgIpc) is 3.52. The molecule has 0 spiro atoms. The highest BCUT2D eigenvalue weighted by Gasteiger charge is 2.22. The van der Waals surface area contributed by atoms with E-state index in [-0.39, 0.29) is 0 Å². The highest BCUT2D eigenvalue weighted by Crippen LogP contribution is 2.30. The molecule has 0 aliphatic carbocycles. The van der Waals surface area contributed by atoms with Crippen molar-refractivity contribution in [1.82, 2.24) is 29.4 Å². The lowest BCUT2D eigenvalue weighted by Gasteiger charge is -2.17. The van der Waals surface area contributed by atoms with E-state index in [1.165, 1.54) is 12.8 Å².